The quantitative estimate of drug-likeness (QED) is 0.776. The molecule has 1 aromatic carbocycles. The van der Waals surface area contributed by atoms with Gasteiger partial charge in [0.05, 0.1) is 0 Å². The fourth-order valence-electron chi connectivity index (χ4n) is 2.93. The molecular weight excluding hydrogens is 222 g/mol. The van der Waals surface area contributed by atoms with Crippen LogP contribution in [-0.4, -0.2) is 17.1 Å². The summed E-state index contributed by atoms with van der Waals surface area (Å²) in [6.45, 7) is 0.905. The van der Waals surface area contributed by atoms with Gasteiger partial charge < -0.3 is 16.0 Å². The largest absolute Gasteiger partial charge is 0.361 e. The molecule has 0 aliphatic heterocycles. The van der Waals surface area contributed by atoms with E-state index in [1.165, 1.54) is 35.7 Å². The molecule has 96 valence electrons. The number of hydrogen-bond donors (Lipinski definition) is 3. The first-order valence-corrected chi connectivity index (χ1v) is 6.88. The molecule has 1 saturated carbocycles. The Morgan fingerprint density at radius 2 is 2.06 bits per heavy atom. The summed E-state index contributed by atoms with van der Waals surface area (Å²) in [5.74, 6) is 0. The Morgan fingerprint density at radius 3 is 2.94 bits per heavy atom. The van der Waals surface area contributed by atoms with Crippen LogP contribution in [0.1, 0.15) is 31.2 Å². The number of para-hydroxylation sites is 1. The maximum absolute atomic E-state index is 6.16. The summed E-state index contributed by atoms with van der Waals surface area (Å²) < 4.78 is 0. The van der Waals surface area contributed by atoms with E-state index in [2.05, 4.69) is 40.8 Å². The van der Waals surface area contributed by atoms with Gasteiger partial charge in [0.15, 0.2) is 0 Å². The zero-order chi connectivity index (χ0) is 12.4. The second-order valence-corrected chi connectivity index (χ2v) is 5.30. The molecule has 2 unspecified atom stereocenters. The fourth-order valence-corrected chi connectivity index (χ4v) is 2.93. The van der Waals surface area contributed by atoms with Crippen LogP contribution in [0.25, 0.3) is 10.9 Å². The average molecular weight is 243 g/mol. The van der Waals surface area contributed by atoms with E-state index in [0.717, 1.165) is 13.0 Å². The van der Waals surface area contributed by atoms with Crippen molar-refractivity contribution in [3.8, 4) is 0 Å². The number of nitrogens with one attached hydrogen (secondary N) is 2. The van der Waals surface area contributed by atoms with Gasteiger partial charge in [0.2, 0.25) is 0 Å². The zero-order valence-electron chi connectivity index (χ0n) is 10.7. The lowest BCUT2D eigenvalue weighted by Gasteiger charge is -2.29. The molecule has 1 heterocycles. The van der Waals surface area contributed by atoms with Crippen molar-refractivity contribution in [1.82, 2.24) is 10.3 Å². The first-order chi connectivity index (χ1) is 8.84. The van der Waals surface area contributed by atoms with Crippen molar-refractivity contribution in [2.45, 2.75) is 44.3 Å². The van der Waals surface area contributed by atoms with Crippen LogP contribution in [0.5, 0.6) is 0 Å². The Hall–Kier alpha value is -1.32. The Labute approximate surface area is 108 Å². The third-order valence-corrected chi connectivity index (χ3v) is 4.05. The first-order valence-electron chi connectivity index (χ1n) is 6.88. The second-order valence-electron chi connectivity index (χ2n) is 5.30. The molecule has 1 fully saturated rings. The molecule has 0 amide bonds. The molecule has 3 rings (SSSR count). The van der Waals surface area contributed by atoms with Crippen LogP contribution in [-0.2, 0) is 6.54 Å². The topological polar surface area (TPSA) is 53.8 Å². The molecule has 0 radical (unpaired) electrons. The molecule has 1 aliphatic rings. The van der Waals surface area contributed by atoms with Crippen LogP contribution in [0.4, 0.5) is 0 Å². The van der Waals surface area contributed by atoms with Gasteiger partial charge in [-0.05, 0) is 24.5 Å². The van der Waals surface area contributed by atoms with Gasteiger partial charge in [-0.1, -0.05) is 31.0 Å². The molecular formula is C15H21N3. The van der Waals surface area contributed by atoms with E-state index in [1.807, 2.05) is 0 Å². The van der Waals surface area contributed by atoms with Gasteiger partial charge in [0.25, 0.3) is 0 Å². The summed E-state index contributed by atoms with van der Waals surface area (Å²) in [6, 6.07) is 9.24. The minimum absolute atomic E-state index is 0.323. The lowest BCUT2D eigenvalue weighted by Crippen LogP contribution is -2.46. The van der Waals surface area contributed by atoms with Crippen molar-refractivity contribution in [2.24, 2.45) is 5.73 Å². The Balaban J connectivity index is 1.69. The van der Waals surface area contributed by atoms with Crippen molar-refractivity contribution < 1.29 is 0 Å². The number of nitrogens with two attached hydrogens (primary N) is 1. The van der Waals surface area contributed by atoms with Crippen molar-refractivity contribution in [3.63, 3.8) is 0 Å². The third-order valence-electron chi connectivity index (χ3n) is 4.05. The van der Waals surface area contributed by atoms with Gasteiger partial charge in [-0.15, -0.1) is 0 Å². The van der Waals surface area contributed by atoms with E-state index in [9.17, 15) is 0 Å². The molecule has 0 bridgehead atoms. The van der Waals surface area contributed by atoms with Crippen LogP contribution < -0.4 is 11.1 Å². The summed E-state index contributed by atoms with van der Waals surface area (Å²) in [5.41, 5.74) is 8.71. The summed E-state index contributed by atoms with van der Waals surface area (Å²) >= 11 is 0. The van der Waals surface area contributed by atoms with Gasteiger partial charge in [-0.2, -0.15) is 0 Å². The van der Waals surface area contributed by atoms with Crippen molar-refractivity contribution in [1.29, 1.82) is 0 Å². The Bertz CT molecular complexity index is 517. The van der Waals surface area contributed by atoms with E-state index in [0.29, 0.717) is 12.1 Å². The summed E-state index contributed by atoms with van der Waals surface area (Å²) in [5, 5.41) is 4.94. The van der Waals surface area contributed by atoms with Gasteiger partial charge >= 0.3 is 0 Å². The molecule has 0 saturated heterocycles. The first kappa shape index (κ1) is 11.8. The maximum Gasteiger partial charge on any atom is 0.0457 e. The summed E-state index contributed by atoms with van der Waals surface area (Å²) in [6.07, 6.45) is 7.06. The fraction of sp³-hybridized carbons (Fsp3) is 0.467. The van der Waals surface area contributed by atoms with Crippen molar-refractivity contribution in [3.05, 3.63) is 36.0 Å². The SMILES string of the molecule is NC1CCCCC1NCc1c[nH]c2ccccc12. The summed E-state index contributed by atoms with van der Waals surface area (Å²) in [4.78, 5) is 3.32. The number of fused-ring (bicyclic) bond motifs is 1. The van der Waals surface area contributed by atoms with E-state index in [1.54, 1.807) is 0 Å². The van der Waals surface area contributed by atoms with Crippen molar-refractivity contribution >= 4 is 10.9 Å². The van der Waals surface area contributed by atoms with E-state index < -0.39 is 0 Å². The third kappa shape index (κ3) is 2.28. The molecule has 2 atom stereocenters. The van der Waals surface area contributed by atoms with E-state index >= 15 is 0 Å². The Morgan fingerprint density at radius 1 is 1.22 bits per heavy atom. The molecule has 1 aliphatic carbocycles. The van der Waals surface area contributed by atoms with Crippen LogP contribution in [0.2, 0.25) is 0 Å². The number of hydrogen-bond acceptors (Lipinski definition) is 2. The van der Waals surface area contributed by atoms with Crippen molar-refractivity contribution in [2.75, 3.05) is 0 Å². The van der Waals surface area contributed by atoms with E-state index in [4.69, 9.17) is 5.73 Å². The second kappa shape index (κ2) is 5.12. The summed E-state index contributed by atoms with van der Waals surface area (Å²) in [7, 11) is 0. The highest BCUT2D eigenvalue weighted by atomic mass is 15.0. The number of H-pyrrole nitrogens is 1. The monoisotopic (exact) mass is 243 g/mol. The predicted octanol–water partition coefficient (Wildman–Crippen LogP) is 2.53. The maximum atomic E-state index is 6.16. The molecule has 0 spiro atoms. The predicted molar refractivity (Wildman–Crippen MR) is 75.4 cm³/mol. The van der Waals surface area contributed by atoms with Crippen LogP contribution in [0, 0.1) is 0 Å². The number of rotatable bonds is 3. The van der Waals surface area contributed by atoms with E-state index in [-0.39, 0.29) is 0 Å². The lowest BCUT2D eigenvalue weighted by atomic mass is 9.91. The molecule has 18 heavy (non-hydrogen) atoms. The highest BCUT2D eigenvalue weighted by Gasteiger charge is 2.21. The van der Waals surface area contributed by atoms with Gasteiger partial charge in [-0.25, -0.2) is 0 Å². The Kier molecular flexibility index (Phi) is 3.35. The standard InChI is InChI=1S/C15H21N3/c16-13-6-2-4-8-15(13)18-10-11-9-17-14-7-3-1-5-12(11)14/h1,3,5,7,9,13,15,17-18H,2,4,6,8,10,16H2. The highest BCUT2D eigenvalue weighted by Crippen LogP contribution is 2.20. The van der Waals surface area contributed by atoms with Gasteiger partial charge in [0, 0.05) is 35.7 Å². The minimum Gasteiger partial charge on any atom is -0.361 e. The molecule has 4 N–H and O–H groups in total. The smallest absolute Gasteiger partial charge is 0.0457 e. The highest BCUT2D eigenvalue weighted by molar-refractivity contribution is 5.82. The normalized spacial score (nSPS) is 24.5. The van der Waals surface area contributed by atoms with Crippen LogP contribution >= 0.6 is 0 Å². The molecule has 1 aromatic heterocycles. The average Bonchev–Trinajstić information content (AvgIpc) is 2.81. The number of aromatic nitrogens is 1. The molecule has 3 nitrogen and oxygen atoms in total. The van der Waals surface area contributed by atoms with Crippen LogP contribution in [0.3, 0.4) is 0 Å². The molecule has 2 aromatic rings. The lowest BCUT2D eigenvalue weighted by molar-refractivity contribution is 0.327. The van der Waals surface area contributed by atoms with Gasteiger partial charge in [0.1, 0.15) is 0 Å². The molecule has 3 heteroatoms. The zero-order valence-corrected chi connectivity index (χ0v) is 10.7. The van der Waals surface area contributed by atoms with Gasteiger partial charge in [-0.3, -0.25) is 0 Å². The minimum atomic E-state index is 0.323. The van der Waals surface area contributed by atoms with Crippen LogP contribution in [0.15, 0.2) is 30.5 Å². The number of aromatic amines is 1. The number of benzene rings is 1.